The van der Waals surface area contributed by atoms with Crippen molar-refractivity contribution in [3.8, 4) is 5.75 Å². The molecule has 0 bridgehead atoms. The van der Waals surface area contributed by atoms with Crippen molar-refractivity contribution in [2.75, 3.05) is 13.1 Å². The first-order chi connectivity index (χ1) is 43.3. The molecule has 8 amide bonds. The lowest BCUT2D eigenvalue weighted by molar-refractivity contribution is -0.149. The molecule has 23 heteroatoms. The van der Waals surface area contributed by atoms with Gasteiger partial charge < -0.3 is 61.4 Å². The number of benzene rings is 5. The number of carbonyl (C=O) groups excluding carboxylic acids is 8. The Morgan fingerprint density at radius 1 is 0.560 bits per heavy atom. The Bertz CT molecular complexity index is 3220. The van der Waals surface area contributed by atoms with Gasteiger partial charge in [0, 0.05) is 48.0 Å². The highest BCUT2D eigenvalue weighted by atomic mass is 35.5. The topological polar surface area (TPSA) is 289 Å². The third kappa shape index (κ3) is 23.6. The van der Waals surface area contributed by atoms with Gasteiger partial charge in [0.2, 0.25) is 35.4 Å². The molecule has 1 fully saturated rings. The Morgan fingerprint density at radius 3 is 1.62 bits per heavy atom. The lowest BCUT2D eigenvalue weighted by Gasteiger charge is -2.30. The number of likely N-dealkylation sites (tertiary alicyclic amines) is 1. The zero-order valence-electron chi connectivity index (χ0n) is 52.4. The van der Waals surface area contributed by atoms with Crippen LogP contribution < -0.4 is 42.0 Å². The molecule has 0 aromatic heterocycles. The molecule has 0 unspecified atom stereocenters. The lowest BCUT2D eigenvalue weighted by atomic mass is 9.98. The highest BCUT2D eigenvalue weighted by molar-refractivity contribution is 6.36. The van der Waals surface area contributed by atoms with Crippen molar-refractivity contribution in [2.45, 2.75) is 161 Å². The zero-order valence-corrected chi connectivity index (χ0v) is 53.9. The van der Waals surface area contributed by atoms with Gasteiger partial charge in [0.1, 0.15) is 66.9 Å². The van der Waals surface area contributed by atoms with Crippen LogP contribution in [0.2, 0.25) is 10.0 Å². The standard InChI is InChI=1S/C68H84Cl2N8O13/c1-42(2)36-53(60(80)75-56(39-45-22-13-9-14-23-45)64(84)78-35-19-29-57(78)65(85)86)73-59(79)52(28-18-34-71-66(87)90-40-47-24-15-10-16-25-47)72-63(83)58(43(3)4)77-62(82)54(38-46-30-32-48(33-31-46)89-41-49-50(69)26-17-27-51(49)70)74-61(81)55(37-44-20-11-8-12-21-44)76-67(88)91-68(5,6)7/h8-17,20-27,30-33,42-43,52-58H,18-19,28-29,34-41H2,1-7H3,(H,71,87)(H,72,83)(H,73,79)(H,74,81)(H,75,80)(H,76,88)(H,77,82)(H,85,86)/t52-,53-,54+,55+,56+,57-,58-/m0/s1. The number of nitrogens with one attached hydrogen (secondary N) is 7. The molecule has 91 heavy (non-hydrogen) atoms. The van der Waals surface area contributed by atoms with Gasteiger partial charge in [-0.1, -0.05) is 160 Å². The number of hydrogen-bond donors (Lipinski definition) is 8. The molecule has 0 radical (unpaired) electrons. The number of carboxylic acid groups (broad SMARTS) is 1. The van der Waals surface area contributed by atoms with Crippen LogP contribution in [0, 0.1) is 11.8 Å². The quantitative estimate of drug-likeness (QED) is 0.0194. The SMILES string of the molecule is CC(C)C[C@H](NC(=O)[C@H](CCCNC(=O)OCc1ccccc1)NC(=O)[C@@H](NC(=O)[C@@H](Cc1ccc(OCc2c(Cl)cccc2Cl)cc1)NC(=O)[C@@H](Cc1ccccc1)NC(=O)OC(C)(C)C)C(C)C)C(=O)N[C@H](Cc1ccccc1)C(=O)N1CCC[C@H]1C(=O)O. The Kier molecular flexibility index (Phi) is 27.5. The molecule has 1 heterocycles. The summed E-state index contributed by atoms with van der Waals surface area (Å²) in [5.41, 5.74) is 2.35. The lowest BCUT2D eigenvalue weighted by Crippen LogP contribution is -2.61. The van der Waals surface area contributed by atoms with Gasteiger partial charge in [-0.15, -0.1) is 0 Å². The van der Waals surface area contributed by atoms with E-state index in [0.29, 0.717) is 44.5 Å². The molecule has 488 valence electrons. The summed E-state index contributed by atoms with van der Waals surface area (Å²) < 4.78 is 16.9. The summed E-state index contributed by atoms with van der Waals surface area (Å²) in [6.45, 7) is 12.2. The van der Waals surface area contributed by atoms with Crippen molar-refractivity contribution in [1.82, 2.24) is 42.1 Å². The van der Waals surface area contributed by atoms with Gasteiger partial charge in [0.25, 0.3) is 0 Å². The number of rotatable bonds is 31. The smallest absolute Gasteiger partial charge is 0.408 e. The van der Waals surface area contributed by atoms with Gasteiger partial charge in [-0.2, -0.15) is 0 Å². The van der Waals surface area contributed by atoms with Crippen LogP contribution in [-0.4, -0.2) is 125 Å². The fourth-order valence-corrected chi connectivity index (χ4v) is 10.7. The van der Waals surface area contributed by atoms with Crippen LogP contribution in [0.3, 0.4) is 0 Å². The molecule has 21 nitrogen and oxygen atoms in total. The second-order valence-electron chi connectivity index (χ2n) is 24.2. The highest BCUT2D eigenvalue weighted by Gasteiger charge is 2.40. The first-order valence-corrected chi connectivity index (χ1v) is 31.3. The fourth-order valence-electron chi connectivity index (χ4n) is 10.1. The fraction of sp³-hybridized carbons (Fsp3) is 0.426. The second-order valence-corrected chi connectivity index (χ2v) is 25.0. The molecule has 1 aliphatic heterocycles. The van der Waals surface area contributed by atoms with Crippen LogP contribution in [0.15, 0.2) is 133 Å². The van der Waals surface area contributed by atoms with E-state index in [0.717, 1.165) is 5.56 Å². The zero-order chi connectivity index (χ0) is 66.2. The number of alkyl carbamates (subject to hydrolysis) is 2. The Morgan fingerprint density at radius 2 is 1.05 bits per heavy atom. The highest BCUT2D eigenvalue weighted by Crippen LogP contribution is 2.27. The minimum atomic E-state index is -1.40. The molecule has 0 saturated carbocycles. The average Bonchev–Trinajstić information content (AvgIpc) is 2.10. The third-order valence-electron chi connectivity index (χ3n) is 14.8. The van der Waals surface area contributed by atoms with Gasteiger partial charge >= 0.3 is 18.2 Å². The van der Waals surface area contributed by atoms with E-state index in [1.54, 1.807) is 162 Å². The normalized spacial score (nSPS) is 14.9. The van der Waals surface area contributed by atoms with Crippen LogP contribution >= 0.6 is 23.2 Å². The predicted octanol–water partition coefficient (Wildman–Crippen LogP) is 8.40. The summed E-state index contributed by atoms with van der Waals surface area (Å²) in [4.78, 5) is 128. The van der Waals surface area contributed by atoms with E-state index in [9.17, 15) is 48.3 Å². The number of amides is 8. The van der Waals surface area contributed by atoms with E-state index in [2.05, 4.69) is 37.2 Å². The summed E-state index contributed by atoms with van der Waals surface area (Å²) in [7, 11) is 0. The third-order valence-corrected chi connectivity index (χ3v) is 15.5. The molecule has 6 rings (SSSR count). The van der Waals surface area contributed by atoms with Crippen LogP contribution in [0.1, 0.15) is 108 Å². The van der Waals surface area contributed by atoms with Gasteiger partial charge in [0.05, 0.1) is 0 Å². The first kappa shape index (κ1) is 71.4. The largest absolute Gasteiger partial charge is 0.489 e. The monoisotopic (exact) mass is 1290 g/mol. The molecular weight excluding hydrogens is 1210 g/mol. The number of hydrogen-bond acceptors (Lipinski definition) is 12. The summed E-state index contributed by atoms with van der Waals surface area (Å²) in [5.74, 6) is -6.06. The van der Waals surface area contributed by atoms with Crippen LogP contribution in [0.5, 0.6) is 5.75 Å². The summed E-state index contributed by atoms with van der Waals surface area (Å²) in [6.07, 6.45) is -0.956. The number of carbonyl (C=O) groups is 9. The summed E-state index contributed by atoms with van der Waals surface area (Å²) >= 11 is 12.8. The molecule has 5 aromatic carbocycles. The number of halogens is 2. The average molecular weight is 1290 g/mol. The van der Waals surface area contributed by atoms with Crippen molar-refractivity contribution in [1.29, 1.82) is 0 Å². The maximum absolute atomic E-state index is 14.9. The molecule has 5 aromatic rings. The van der Waals surface area contributed by atoms with Gasteiger partial charge in [-0.05, 0) is 111 Å². The first-order valence-electron chi connectivity index (χ1n) is 30.6. The molecular formula is C68H84Cl2N8O13. The van der Waals surface area contributed by atoms with E-state index in [1.165, 1.54) is 4.90 Å². The van der Waals surface area contributed by atoms with E-state index < -0.39 is 107 Å². The maximum atomic E-state index is 14.9. The Hall–Kier alpha value is -8.69. The van der Waals surface area contributed by atoms with Gasteiger partial charge in [-0.25, -0.2) is 14.4 Å². The molecule has 1 aliphatic rings. The van der Waals surface area contributed by atoms with Crippen molar-refractivity contribution >= 4 is 76.8 Å². The van der Waals surface area contributed by atoms with Crippen LogP contribution in [-0.2, 0) is 75.5 Å². The van der Waals surface area contributed by atoms with Crippen molar-refractivity contribution < 1.29 is 62.5 Å². The Balaban J connectivity index is 1.26. The Labute approximate surface area is 541 Å². The maximum Gasteiger partial charge on any atom is 0.408 e. The number of aliphatic carboxylic acids is 1. The van der Waals surface area contributed by atoms with Crippen molar-refractivity contribution in [3.63, 3.8) is 0 Å². The molecule has 0 aliphatic carbocycles. The van der Waals surface area contributed by atoms with E-state index in [-0.39, 0.29) is 77.2 Å². The number of nitrogens with zero attached hydrogens (tertiary/aromatic N) is 1. The van der Waals surface area contributed by atoms with E-state index >= 15 is 0 Å². The molecule has 1 saturated heterocycles. The number of carboxylic acids is 1. The van der Waals surface area contributed by atoms with Gasteiger partial charge in [0.15, 0.2) is 0 Å². The minimum Gasteiger partial charge on any atom is -0.489 e. The van der Waals surface area contributed by atoms with E-state index in [1.807, 2.05) is 19.9 Å². The molecule has 8 N–H and O–H groups in total. The number of ether oxygens (including phenoxy) is 3. The molecule has 7 atom stereocenters. The summed E-state index contributed by atoms with van der Waals surface area (Å²) in [6, 6.07) is 29.7. The van der Waals surface area contributed by atoms with Crippen LogP contribution in [0.25, 0.3) is 0 Å². The van der Waals surface area contributed by atoms with Crippen LogP contribution in [0.4, 0.5) is 9.59 Å². The van der Waals surface area contributed by atoms with Crippen molar-refractivity contribution in [2.24, 2.45) is 11.8 Å². The van der Waals surface area contributed by atoms with Crippen molar-refractivity contribution in [3.05, 3.63) is 171 Å². The predicted molar refractivity (Wildman–Crippen MR) is 345 cm³/mol. The van der Waals surface area contributed by atoms with Gasteiger partial charge in [-0.3, -0.25) is 28.8 Å². The van der Waals surface area contributed by atoms with E-state index in [4.69, 9.17) is 37.4 Å². The summed E-state index contributed by atoms with van der Waals surface area (Å²) in [5, 5.41) is 30.2. The molecule has 0 spiro atoms. The minimum absolute atomic E-state index is 0.00428. The second kappa shape index (κ2) is 35.1.